The molecular weight excluding hydrogens is 238 g/mol. The van der Waals surface area contributed by atoms with Crippen LogP contribution in [0, 0.1) is 0 Å². The Bertz CT molecular complexity index is 495. The van der Waals surface area contributed by atoms with Gasteiger partial charge in [0.1, 0.15) is 17.1 Å². The Labute approximate surface area is 104 Å². The van der Waals surface area contributed by atoms with E-state index in [9.17, 15) is 14.4 Å². The molecular formula is C12H13NO5. The minimum Gasteiger partial charge on any atom is -0.496 e. The molecule has 1 amide bonds. The van der Waals surface area contributed by atoms with Crippen molar-refractivity contribution in [1.82, 2.24) is 0 Å². The maximum Gasteiger partial charge on any atom is 0.339 e. The van der Waals surface area contributed by atoms with E-state index in [2.05, 4.69) is 5.32 Å². The molecule has 0 atom stereocenters. The maximum atomic E-state index is 11.3. The number of amides is 1. The zero-order chi connectivity index (χ0) is 13.7. The van der Waals surface area contributed by atoms with E-state index in [1.807, 2.05) is 0 Å². The number of hydrogen-bond donors (Lipinski definition) is 2. The van der Waals surface area contributed by atoms with Crippen LogP contribution >= 0.6 is 0 Å². The first-order chi connectivity index (χ1) is 8.43. The Hall–Kier alpha value is -2.37. The molecule has 0 aliphatic rings. The summed E-state index contributed by atoms with van der Waals surface area (Å²) in [6, 6.07) is 4.22. The lowest BCUT2D eigenvalue weighted by molar-refractivity contribution is -0.124. The van der Waals surface area contributed by atoms with Gasteiger partial charge in [-0.05, 0) is 25.1 Å². The minimum absolute atomic E-state index is 0.0573. The Morgan fingerprint density at radius 2 is 2.00 bits per heavy atom. The molecule has 0 radical (unpaired) electrons. The van der Waals surface area contributed by atoms with E-state index in [1.165, 1.54) is 32.2 Å². The lowest BCUT2D eigenvalue weighted by Crippen LogP contribution is -2.15. The molecule has 0 aromatic heterocycles. The molecule has 18 heavy (non-hydrogen) atoms. The van der Waals surface area contributed by atoms with Crippen molar-refractivity contribution in [3.8, 4) is 5.75 Å². The van der Waals surface area contributed by atoms with Gasteiger partial charge in [0, 0.05) is 5.69 Å². The van der Waals surface area contributed by atoms with Crippen LogP contribution in [0.2, 0.25) is 0 Å². The van der Waals surface area contributed by atoms with Gasteiger partial charge in [0.05, 0.1) is 13.5 Å². The van der Waals surface area contributed by atoms with Gasteiger partial charge in [-0.2, -0.15) is 0 Å². The fraction of sp³-hybridized carbons (Fsp3) is 0.250. The maximum absolute atomic E-state index is 11.3. The van der Waals surface area contributed by atoms with Crippen molar-refractivity contribution < 1.29 is 24.2 Å². The number of ketones is 1. The SMILES string of the molecule is COc1ccc(NC(=O)CC(C)=O)cc1C(=O)O. The summed E-state index contributed by atoms with van der Waals surface area (Å²) in [5.41, 5.74) is 0.248. The molecule has 6 heteroatoms. The summed E-state index contributed by atoms with van der Waals surface area (Å²) >= 11 is 0. The molecule has 2 N–H and O–H groups in total. The molecule has 0 bridgehead atoms. The third kappa shape index (κ3) is 3.58. The van der Waals surface area contributed by atoms with Gasteiger partial charge >= 0.3 is 5.97 Å². The van der Waals surface area contributed by atoms with Crippen LogP contribution in [-0.4, -0.2) is 29.9 Å². The third-order valence-corrected chi connectivity index (χ3v) is 2.12. The highest BCUT2D eigenvalue weighted by Crippen LogP contribution is 2.22. The molecule has 1 aromatic carbocycles. The number of methoxy groups -OCH3 is 1. The monoisotopic (exact) mass is 251 g/mol. The number of carboxylic acids is 1. The molecule has 0 aliphatic heterocycles. The lowest BCUT2D eigenvalue weighted by Gasteiger charge is -2.08. The van der Waals surface area contributed by atoms with Crippen molar-refractivity contribution in [1.29, 1.82) is 0 Å². The van der Waals surface area contributed by atoms with Gasteiger partial charge in [0.15, 0.2) is 0 Å². The number of benzene rings is 1. The predicted molar refractivity (Wildman–Crippen MR) is 63.9 cm³/mol. The average Bonchev–Trinajstić information content (AvgIpc) is 2.27. The van der Waals surface area contributed by atoms with Gasteiger partial charge in [-0.25, -0.2) is 4.79 Å². The highest BCUT2D eigenvalue weighted by atomic mass is 16.5. The summed E-state index contributed by atoms with van der Waals surface area (Å²) in [6.07, 6.45) is -0.242. The number of Topliss-reactive ketones (excluding diaryl/α,β-unsaturated/α-hetero) is 1. The lowest BCUT2D eigenvalue weighted by atomic mass is 10.1. The van der Waals surface area contributed by atoms with Crippen molar-refractivity contribution in [3.05, 3.63) is 23.8 Å². The topological polar surface area (TPSA) is 92.7 Å². The van der Waals surface area contributed by atoms with Gasteiger partial charge in [-0.15, -0.1) is 0 Å². The van der Waals surface area contributed by atoms with Crippen LogP contribution in [0.15, 0.2) is 18.2 Å². The third-order valence-electron chi connectivity index (χ3n) is 2.12. The van der Waals surface area contributed by atoms with E-state index in [4.69, 9.17) is 9.84 Å². The molecule has 0 unspecified atom stereocenters. The van der Waals surface area contributed by atoms with Crippen LogP contribution in [0.5, 0.6) is 5.75 Å². The zero-order valence-electron chi connectivity index (χ0n) is 10.0. The quantitative estimate of drug-likeness (QED) is 0.770. The van der Waals surface area contributed by atoms with Gasteiger partial charge in [0.25, 0.3) is 0 Å². The summed E-state index contributed by atoms with van der Waals surface area (Å²) < 4.78 is 4.88. The first-order valence-corrected chi connectivity index (χ1v) is 5.14. The average molecular weight is 251 g/mol. The van der Waals surface area contributed by atoms with Crippen LogP contribution in [-0.2, 0) is 9.59 Å². The van der Waals surface area contributed by atoms with Crippen LogP contribution in [0.1, 0.15) is 23.7 Å². The molecule has 1 rings (SSSR count). The second-order valence-corrected chi connectivity index (χ2v) is 3.65. The fourth-order valence-corrected chi connectivity index (χ4v) is 1.38. The highest BCUT2D eigenvalue weighted by molar-refractivity contribution is 6.04. The van der Waals surface area contributed by atoms with Crippen LogP contribution < -0.4 is 10.1 Å². The Morgan fingerprint density at radius 1 is 1.33 bits per heavy atom. The predicted octanol–water partition coefficient (Wildman–Crippen LogP) is 1.31. The molecule has 0 saturated carbocycles. The van der Waals surface area contributed by atoms with Crippen LogP contribution in [0.25, 0.3) is 0 Å². The van der Waals surface area contributed by atoms with E-state index in [1.54, 1.807) is 0 Å². The van der Waals surface area contributed by atoms with E-state index in [0.717, 1.165) is 0 Å². The van der Waals surface area contributed by atoms with Gasteiger partial charge < -0.3 is 15.2 Å². The van der Waals surface area contributed by atoms with Crippen molar-refractivity contribution >= 4 is 23.3 Å². The molecule has 0 spiro atoms. The number of ether oxygens (including phenoxy) is 1. The number of carbonyl (C=O) groups is 3. The van der Waals surface area contributed by atoms with Gasteiger partial charge in [-0.3, -0.25) is 9.59 Å². The van der Waals surface area contributed by atoms with Crippen molar-refractivity contribution in [3.63, 3.8) is 0 Å². The number of rotatable bonds is 5. The van der Waals surface area contributed by atoms with E-state index in [-0.39, 0.29) is 23.5 Å². The first kappa shape index (κ1) is 13.7. The molecule has 0 fully saturated rings. The Balaban J connectivity index is 2.91. The summed E-state index contributed by atoms with van der Waals surface area (Å²) in [5.74, 6) is -1.70. The second-order valence-electron chi connectivity index (χ2n) is 3.65. The zero-order valence-corrected chi connectivity index (χ0v) is 10.0. The molecule has 0 aliphatic carbocycles. The number of carboxylic acid groups (broad SMARTS) is 1. The summed E-state index contributed by atoms with van der Waals surface area (Å²) in [7, 11) is 1.36. The van der Waals surface area contributed by atoms with Crippen LogP contribution in [0.4, 0.5) is 5.69 Å². The van der Waals surface area contributed by atoms with Crippen molar-refractivity contribution in [2.75, 3.05) is 12.4 Å². The van der Waals surface area contributed by atoms with Gasteiger partial charge in [-0.1, -0.05) is 0 Å². The molecule has 6 nitrogen and oxygen atoms in total. The number of anilines is 1. The summed E-state index contributed by atoms with van der Waals surface area (Å²) in [5, 5.41) is 11.4. The van der Waals surface area contributed by atoms with E-state index >= 15 is 0 Å². The Kier molecular flexibility index (Phi) is 4.42. The van der Waals surface area contributed by atoms with Crippen molar-refractivity contribution in [2.45, 2.75) is 13.3 Å². The highest BCUT2D eigenvalue weighted by Gasteiger charge is 2.13. The fourth-order valence-electron chi connectivity index (χ4n) is 1.38. The molecule has 96 valence electrons. The largest absolute Gasteiger partial charge is 0.496 e. The summed E-state index contributed by atoms with van der Waals surface area (Å²) in [6.45, 7) is 1.30. The van der Waals surface area contributed by atoms with Crippen molar-refractivity contribution in [2.24, 2.45) is 0 Å². The molecule has 0 heterocycles. The minimum atomic E-state index is -1.16. The standard InChI is InChI=1S/C12H13NO5/c1-7(14)5-11(15)13-8-3-4-10(18-2)9(6-8)12(16)17/h3-4,6H,5H2,1-2H3,(H,13,15)(H,16,17). The number of nitrogens with one attached hydrogen (secondary N) is 1. The normalized spacial score (nSPS) is 9.67. The van der Waals surface area contributed by atoms with E-state index < -0.39 is 11.9 Å². The second kappa shape index (κ2) is 5.81. The summed E-state index contributed by atoms with van der Waals surface area (Å²) in [4.78, 5) is 33.0. The van der Waals surface area contributed by atoms with Gasteiger partial charge in [0.2, 0.25) is 5.91 Å². The Morgan fingerprint density at radius 3 is 2.50 bits per heavy atom. The first-order valence-electron chi connectivity index (χ1n) is 5.14. The smallest absolute Gasteiger partial charge is 0.339 e. The number of hydrogen-bond acceptors (Lipinski definition) is 4. The molecule has 1 aromatic rings. The number of carbonyl (C=O) groups excluding carboxylic acids is 2. The van der Waals surface area contributed by atoms with E-state index in [0.29, 0.717) is 5.69 Å². The van der Waals surface area contributed by atoms with Crippen LogP contribution in [0.3, 0.4) is 0 Å². The number of aromatic carboxylic acids is 1. The molecule has 0 saturated heterocycles.